The Labute approximate surface area is 363 Å². The number of benzene rings is 10. The van der Waals surface area contributed by atoms with Crippen LogP contribution in [0.3, 0.4) is 0 Å². The second-order valence-corrected chi connectivity index (χ2v) is 17.0. The van der Waals surface area contributed by atoms with Crippen molar-refractivity contribution < 1.29 is 4.42 Å². The predicted molar refractivity (Wildman–Crippen MR) is 266 cm³/mol. The zero-order valence-corrected chi connectivity index (χ0v) is 34.6. The van der Waals surface area contributed by atoms with E-state index in [9.17, 15) is 0 Å². The Balaban J connectivity index is 1.10. The van der Waals surface area contributed by atoms with Crippen LogP contribution in [-0.2, 0) is 0 Å². The molecule has 4 heteroatoms. The monoisotopic (exact) mass is 805 g/mol. The minimum Gasteiger partial charge on any atom is -0.456 e. The summed E-state index contributed by atoms with van der Waals surface area (Å²) in [5.41, 5.74) is 9.98. The summed E-state index contributed by atoms with van der Waals surface area (Å²) >= 11 is 0. The third-order valence-corrected chi connectivity index (χ3v) is 13.2. The van der Waals surface area contributed by atoms with Crippen LogP contribution in [0.15, 0.2) is 215 Å². The first-order chi connectivity index (χ1) is 31.1. The number of para-hydroxylation sites is 2. The van der Waals surface area contributed by atoms with Gasteiger partial charge in [0.05, 0.1) is 28.1 Å². The SMILES string of the molecule is CC1C/C=C(c2cc3c(cc2-n2c4ccccc4c4cc5ccccc5cc42)oc2ccccc23)/N=C(c2ccc3c(ccc4ccccc43)c2)\N=C/1c1ccc2ccccc2c1. The molecule has 0 saturated carbocycles. The van der Waals surface area contributed by atoms with E-state index in [0.717, 1.165) is 78.6 Å². The zero-order valence-electron chi connectivity index (χ0n) is 34.6. The van der Waals surface area contributed by atoms with Crippen LogP contribution >= 0.6 is 0 Å². The van der Waals surface area contributed by atoms with Gasteiger partial charge in [0.15, 0.2) is 5.84 Å². The van der Waals surface area contributed by atoms with E-state index in [4.69, 9.17) is 14.4 Å². The van der Waals surface area contributed by atoms with Gasteiger partial charge in [-0.2, -0.15) is 0 Å². The lowest BCUT2D eigenvalue weighted by atomic mass is 9.91. The van der Waals surface area contributed by atoms with Gasteiger partial charge in [-0.1, -0.05) is 159 Å². The summed E-state index contributed by atoms with van der Waals surface area (Å²) in [6.45, 7) is 2.30. The Morgan fingerprint density at radius 3 is 1.94 bits per heavy atom. The zero-order chi connectivity index (χ0) is 41.6. The summed E-state index contributed by atoms with van der Waals surface area (Å²) in [4.78, 5) is 11.4. The van der Waals surface area contributed by atoms with E-state index in [1.165, 1.54) is 48.5 Å². The number of allylic oxidation sites excluding steroid dienone is 1. The Kier molecular flexibility index (Phi) is 7.91. The fourth-order valence-electron chi connectivity index (χ4n) is 10.0. The number of fused-ring (bicyclic) bond motifs is 11. The van der Waals surface area contributed by atoms with Crippen molar-refractivity contribution in [2.24, 2.45) is 15.9 Å². The van der Waals surface area contributed by atoms with E-state index in [-0.39, 0.29) is 5.92 Å². The molecule has 3 heterocycles. The van der Waals surface area contributed by atoms with Gasteiger partial charge in [0.2, 0.25) is 0 Å². The van der Waals surface area contributed by atoms with E-state index in [1.807, 2.05) is 6.07 Å². The van der Waals surface area contributed by atoms with E-state index in [2.05, 4.69) is 206 Å². The fourth-order valence-corrected chi connectivity index (χ4v) is 10.0. The Bertz CT molecular complexity index is 3970. The molecular formula is C59H39N3O. The van der Waals surface area contributed by atoms with Crippen molar-refractivity contribution in [2.45, 2.75) is 13.3 Å². The van der Waals surface area contributed by atoms with Crippen molar-refractivity contribution in [2.75, 3.05) is 0 Å². The Hall–Kier alpha value is -8.08. The van der Waals surface area contributed by atoms with Gasteiger partial charge in [-0.05, 0) is 97.5 Å². The maximum Gasteiger partial charge on any atom is 0.160 e. The largest absolute Gasteiger partial charge is 0.456 e. The second kappa shape index (κ2) is 14.0. The molecule has 0 N–H and O–H groups in total. The molecule has 1 atom stereocenters. The van der Waals surface area contributed by atoms with E-state index < -0.39 is 0 Å². The van der Waals surface area contributed by atoms with Gasteiger partial charge in [-0.3, -0.25) is 0 Å². The quantitative estimate of drug-likeness (QED) is 0.163. The molecule has 1 aliphatic rings. The lowest BCUT2D eigenvalue weighted by molar-refractivity contribution is 0.668. The molecule has 4 nitrogen and oxygen atoms in total. The molecule has 63 heavy (non-hydrogen) atoms. The first-order valence-corrected chi connectivity index (χ1v) is 21.8. The van der Waals surface area contributed by atoms with Gasteiger partial charge in [-0.15, -0.1) is 0 Å². The molecule has 1 aliphatic heterocycles. The smallest absolute Gasteiger partial charge is 0.160 e. The van der Waals surface area contributed by atoms with Gasteiger partial charge < -0.3 is 8.98 Å². The van der Waals surface area contributed by atoms with Crippen LogP contribution in [0, 0.1) is 5.92 Å². The molecule has 1 unspecified atom stereocenters. The number of aliphatic imine (C=N–C) groups is 2. The van der Waals surface area contributed by atoms with Crippen molar-refractivity contribution in [3.8, 4) is 5.69 Å². The van der Waals surface area contributed by atoms with Crippen molar-refractivity contribution in [1.29, 1.82) is 0 Å². The van der Waals surface area contributed by atoms with Crippen LogP contribution < -0.4 is 0 Å². The van der Waals surface area contributed by atoms with Crippen molar-refractivity contribution >= 4 is 104 Å². The fraction of sp³-hybridized carbons (Fsp3) is 0.0508. The Morgan fingerprint density at radius 1 is 0.444 bits per heavy atom. The summed E-state index contributed by atoms with van der Waals surface area (Å²) in [5.74, 6) is 0.778. The highest BCUT2D eigenvalue weighted by Gasteiger charge is 2.24. The lowest BCUT2D eigenvalue weighted by Crippen LogP contribution is -2.17. The van der Waals surface area contributed by atoms with Crippen molar-refractivity contribution in [3.63, 3.8) is 0 Å². The van der Waals surface area contributed by atoms with Crippen molar-refractivity contribution in [3.05, 3.63) is 217 Å². The summed E-state index contributed by atoms with van der Waals surface area (Å²) < 4.78 is 9.07. The molecular weight excluding hydrogens is 767 g/mol. The van der Waals surface area contributed by atoms with Crippen LogP contribution in [0.5, 0.6) is 0 Å². The third-order valence-electron chi connectivity index (χ3n) is 13.2. The van der Waals surface area contributed by atoms with Crippen molar-refractivity contribution in [1.82, 2.24) is 4.57 Å². The number of hydrogen-bond acceptors (Lipinski definition) is 3. The summed E-state index contributed by atoms with van der Waals surface area (Å²) in [6, 6.07) is 69.9. The second-order valence-electron chi connectivity index (χ2n) is 17.0. The summed E-state index contributed by atoms with van der Waals surface area (Å²) in [6.07, 6.45) is 3.09. The number of rotatable bonds is 4. The maximum atomic E-state index is 6.65. The molecule has 0 aliphatic carbocycles. The van der Waals surface area contributed by atoms with Crippen LogP contribution in [0.25, 0.3) is 98.2 Å². The van der Waals surface area contributed by atoms with Crippen LogP contribution in [0.2, 0.25) is 0 Å². The van der Waals surface area contributed by atoms with Crippen LogP contribution in [0.4, 0.5) is 0 Å². The molecule has 0 radical (unpaired) electrons. The van der Waals surface area contributed by atoms with Gasteiger partial charge in [0.25, 0.3) is 0 Å². The van der Waals surface area contributed by atoms with Gasteiger partial charge in [0, 0.05) is 44.7 Å². The summed E-state index contributed by atoms with van der Waals surface area (Å²) in [7, 11) is 0. The molecule has 0 saturated heterocycles. The maximum absolute atomic E-state index is 6.65. The minimum absolute atomic E-state index is 0.0950. The Morgan fingerprint density at radius 2 is 1.08 bits per heavy atom. The normalized spacial score (nSPS) is 17.3. The highest BCUT2D eigenvalue weighted by atomic mass is 16.3. The molecule has 2 aromatic heterocycles. The first kappa shape index (κ1) is 35.7. The van der Waals surface area contributed by atoms with E-state index in [1.54, 1.807) is 0 Å². The molecule has 0 amide bonds. The summed E-state index contributed by atoms with van der Waals surface area (Å²) in [5, 5.41) is 14.2. The highest BCUT2D eigenvalue weighted by molar-refractivity contribution is 6.19. The van der Waals surface area contributed by atoms with Crippen LogP contribution in [-0.4, -0.2) is 16.1 Å². The van der Waals surface area contributed by atoms with Gasteiger partial charge in [-0.25, -0.2) is 9.98 Å². The molecule has 10 aromatic carbocycles. The lowest BCUT2D eigenvalue weighted by Gasteiger charge is -2.20. The van der Waals surface area contributed by atoms with E-state index >= 15 is 0 Å². The molecule has 0 fully saturated rings. The predicted octanol–water partition coefficient (Wildman–Crippen LogP) is 15.6. The number of furan rings is 1. The number of aromatic nitrogens is 1. The number of hydrogen-bond donors (Lipinski definition) is 0. The molecule has 0 bridgehead atoms. The highest BCUT2D eigenvalue weighted by Crippen LogP contribution is 2.41. The minimum atomic E-state index is 0.0950. The first-order valence-electron chi connectivity index (χ1n) is 21.8. The third kappa shape index (κ3) is 5.76. The number of amidine groups is 1. The van der Waals surface area contributed by atoms with Gasteiger partial charge >= 0.3 is 0 Å². The molecule has 13 rings (SSSR count). The molecule has 12 aromatic rings. The van der Waals surface area contributed by atoms with Gasteiger partial charge in [0.1, 0.15) is 11.2 Å². The van der Waals surface area contributed by atoms with Crippen LogP contribution in [0.1, 0.15) is 30.0 Å². The average molecular weight is 806 g/mol. The number of nitrogens with zero attached hydrogens (tertiary/aromatic N) is 3. The van der Waals surface area contributed by atoms with E-state index in [0.29, 0.717) is 5.84 Å². The molecule has 0 spiro atoms. The average Bonchev–Trinajstić information content (AvgIpc) is 3.86. The molecule has 296 valence electrons. The standard InChI is InChI=1S/C59H39N3O/c1-36-22-29-52(60-59(61-58(36)43-26-23-37-12-2-3-14-39(37)30-43)44-27-28-46-42(31-44)25-24-38-13-6-7-17-45(38)46)51-34-50-48-19-9-11-21-56(48)63-57(50)35-55(51)62-53-20-10-8-18-47(53)49-32-40-15-4-5-16-41(40)33-54(49)62/h2-21,23-36H,22H2,1H3/b52-29+,60-59-,61-58+. The topological polar surface area (TPSA) is 42.8 Å².